The summed E-state index contributed by atoms with van der Waals surface area (Å²) in [6.07, 6.45) is 3.71. The van der Waals surface area contributed by atoms with Crippen LogP contribution in [-0.4, -0.2) is 41.2 Å². The predicted octanol–water partition coefficient (Wildman–Crippen LogP) is 3.86. The van der Waals surface area contributed by atoms with Gasteiger partial charge in [-0.05, 0) is 55.5 Å². The number of nitrogens with zero attached hydrogens (tertiary/aromatic N) is 2. The van der Waals surface area contributed by atoms with E-state index < -0.39 is 0 Å². The van der Waals surface area contributed by atoms with E-state index in [1.54, 1.807) is 11.0 Å². The van der Waals surface area contributed by atoms with Crippen molar-refractivity contribution < 1.29 is 9.59 Å². The summed E-state index contributed by atoms with van der Waals surface area (Å²) in [6, 6.07) is 3.58. The predicted molar refractivity (Wildman–Crippen MR) is 99.8 cm³/mol. The Morgan fingerprint density at radius 3 is 2.76 bits per heavy atom. The molecule has 3 rings (SSSR count). The SMILES string of the molecule is C=CC(=O)N1CCCC(C(=O)N2CCc3cc(Cl)cc(Cl)c3C2C)C1. The van der Waals surface area contributed by atoms with Crippen molar-refractivity contribution in [2.45, 2.75) is 32.2 Å². The number of hydrogen-bond donors (Lipinski definition) is 0. The zero-order valence-electron chi connectivity index (χ0n) is 14.3. The molecule has 2 aliphatic heterocycles. The van der Waals surface area contributed by atoms with Crippen molar-refractivity contribution in [1.29, 1.82) is 0 Å². The first-order valence-corrected chi connectivity index (χ1v) is 9.37. The number of carbonyl (C=O) groups is 2. The molecule has 6 heteroatoms. The molecule has 0 spiro atoms. The molecule has 0 aromatic heterocycles. The van der Waals surface area contributed by atoms with Gasteiger partial charge in [0.25, 0.3) is 0 Å². The topological polar surface area (TPSA) is 40.6 Å². The summed E-state index contributed by atoms with van der Waals surface area (Å²) < 4.78 is 0. The van der Waals surface area contributed by atoms with Crippen LogP contribution in [0.15, 0.2) is 24.8 Å². The Kier molecular flexibility index (Phi) is 5.40. The van der Waals surface area contributed by atoms with Gasteiger partial charge in [0.15, 0.2) is 0 Å². The number of benzene rings is 1. The van der Waals surface area contributed by atoms with Gasteiger partial charge in [-0.2, -0.15) is 0 Å². The molecule has 0 aliphatic carbocycles. The Morgan fingerprint density at radius 1 is 1.28 bits per heavy atom. The minimum atomic E-state index is -0.160. The van der Waals surface area contributed by atoms with Crippen LogP contribution in [0.2, 0.25) is 10.0 Å². The van der Waals surface area contributed by atoms with E-state index in [1.165, 1.54) is 6.08 Å². The molecule has 0 bridgehead atoms. The summed E-state index contributed by atoms with van der Waals surface area (Å²) in [5.41, 5.74) is 2.10. The van der Waals surface area contributed by atoms with E-state index >= 15 is 0 Å². The summed E-state index contributed by atoms with van der Waals surface area (Å²) in [7, 11) is 0. The molecule has 2 amide bonds. The molecule has 25 heavy (non-hydrogen) atoms. The second-order valence-corrected chi connectivity index (χ2v) is 7.59. The van der Waals surface area contributed by atoms with Crippen LogP contribution in [-0.2, 0) is 16.0 Å². The third kappa shape index (κ3) is 3.56. The van der Waals surface area contributed by atoms with Gasteiger partial charge < -0.3 is 9.80 Å². The normalized spacial score (nSPS) is 23.2. The molecule has 1 fully saturated rings. The van der Waals surface area contributed by atoms with Gasteiger partial charge in [-0.3, -0.25) is 9.59 Å². The Bertz CT molecular complexity index is 720. The van der Waals surface area contributed by atoms with Crippen LogP contribution in [0.4, 0.5) is 0 Å². The monoisotopic (exact) mass is 380 g/mol. The standard InChI is InChI=1S/C19H22Cl2N2O2/c1-3-17(24)22-7-4-5-14(11-22)19(25)23-8-6-13-9-15(20)10-16(21)18(13)12(23)2/h3,9-10,12,14H,1,4-8,11H2,2H3. The van der Waals surface area contributed by atoms with Crippen LogP contribution in [0.1, 0.15) is 36.9 Å². The van der Waals surface area contributed by atoms with E-state index in [-0.39, 0.29) is 23.8 Å². The number of hydrogen-bond acceptors (Lipinski definition) is 2. The van der Waals surface area contributed by atoms with Gasteiger partial charge in [0, 0.05) is 29.7 Å². The fourth-order valence-electron chi connectivity index (χ4n) is 3.95. The average Bonchev–Trinajstić information content (AvgIpc) is 2.60. The lowest BCUT2D eigenvalue weighted by Gasteiger charge is -2.40. The van der Waals surface area contributed by atoms with Crippen LogP contribution in [0.5, 0.6) is 0 Å². The van der Waals surface area contributed by atoms with Gasteiger partial charge in [-0.15, -0.1) is 0 Å². The number of halogens is 2. The number of rotatable bonds is 2. The van der Waals surface area contributed by atoms with Gasteiger partial charge in [0.1, 0.15) is 0 Å². The highest BCUT2D eigenvalue weighted by Gasteiger charge is 2.35. The lowest BCUT2D eigenvalue weighted by Crippen LogP contribution is -2.48. The molecular weight excluding hydrogens is 359 g/mol. The first kappa shape index (κ1) is 18.3. The van der Waals surface area contributed by atoms with Crippen molar-refractivity contribution in [3.8, 4) is 0 Å². The highest BCUT2D eigenvalue weighted by atomic mass is 35.5. The van der Waals surface area contributed by atoms with Crippen molar-refractivity contribution in [1.82, 2.24) is 9.80 Å². The van der Waals surface area contributed by atoms with E-state index in [1.807, 2.05) is 17.9 Å². The van der Waals surface area contributed by atoms with Gasteiger partial charge in [0.05, 0.1) is 12.0 Å². The molecule has 2 unspecified atom stereocenters. The molecule has 2 atom stereocenters. The molecular formula is C19H22Cl2N2O2. The summed E-state index contributed by atoms with van der Waals surface area (Å²) in [4.78, 5) is 28.6. The van der Waals surface area contributed by atoms with E-state index in [4.69, 9.17) is 23.2 Å². The maximum atomic E-state index is 13.1. The second kappa shape index (κ2) is 7.38. The first-order chi connectivity index (χ1) is 11.9. The van der Waals surface area contributed by atoms with E-state index in [0.717, 1.165) is 30.4 Å². The summed E-state index contributed by atoms with van der Waals surface area (Å²) in [5, 5.41) is 1.24. The molecule has 0 saturated carbocycles. The second-order valence-electron chi connectivity index (χ2n) is 6.75. The Hall–Kier alpha value is -1.52. The van der Waals surface area contributed by atoms with Crippen molar-refractivity contribution in [2.75, 3.05) is 19.6 Å². The maximum absolute atomic E-state index is 13.1. The number of likely N-dealkylation sites (tertiary alicyclic amines) is 1. The summed E-state index contributed by atoms with van der Waals surface area (Å²) in [5.74, 6) is -0.161. The smallest absolute Gasteiger partial charge is 0.245 e. The van der Waals surface area contributed by atoms with Crippen LogP contribution < -0.4 is 0 Å². The molecule has 1 aromatic rings. The van der Waals surface area contributed by atoms with Gasteiger partial charge >= 0.3 is 0 Å². The lowest BCUT2D eigenvalue weighted by atomic mass is 9.90. The molecule has 134 valence electrons. The van der Waals surface area contributed by atoms with E-state index in [2.05, 4.69) is 6.58 Å². The van der Waals surface area contributed by atoms with Crippen LogP contribution in [0, 0.1) is 5.92 Å². The fraction of sp³-hybridized carbons (Fsp3) is 0.474. The van der Waals surface area contributed by atoms with Gasteiger partial charge in [-0.25, -0.2) is 0 Å². The molecule has 2 heterocycles. The highest BCUT2D eigenvalue weighted by molar-refractivity contribution is 6.35. The van der Waals surface area contributed by atoms with Crippen LogP contribution in [0.25, 0.3) is 0 Å². The number of carbonyl (C=O) groups excluding carboxylic acids is 2. The molecule has 2 aliphatic rings. The first-order valence-electron chi connectivity index (χ1n) is 8.62. The van der Waals surface area contributed by atoms with Crippen LogP contribution >= 0.6 is 23.2 Å². The van der Waals surface area contributed by atoms with E-state index in [0.29, 0.717) is 29.7 Å². The minimum absolute atomic E-state index is 0.0912. The molecule has 0 N–H and O–H groups in total. The zero-order valence-corrected chi connectivity index (χ0v) is 15.8. The average molecular weight is 381 g/mol. The van der Waals surface area contributed by atoms with Gasteiger partial charge in [0.2, 0.25) is 11.8 Å². The Labute approximate surface area is 158 Å². The van der Waals surface area contributed by atoms with E-state index in [9.17, 15) is 9.59 Å². The molecule has 4 nitrogen and oxygen atoms in total. The molecule has 1 saturated heterocycles. The van der Waals surface area contributed by atoms with Crippen molar-refractivity contribution in [3.63, 3.8) is 0 Å². The van der Waals surface area contributed by atoms with Crippen molar-refractivity contribution in [3.05, 3.63) is 46.0 Å². The number of amides is 2. The minimum Gasteiger partial charge on any atom is -0.338 e. The highest BCUT2D eigenvalue weighted by Crippen LogP contribution is 2.38. The van der Waals surface area contributed by atoms with Crippen molar-refractivity contribution in [2.24, 2.45) is 5.92 Å². The maximum Gasteiger partial charge on any atom is 0.245 e. The van der Waals surface area contributed by atoms with Gasteiger partial charge in [-0.1, -0.05) is 29.8 Å². The molecule has 0 radical (unpaired) electrons. The zero-order chi connectivity index (χ0) is 18.1. The number of fused-ring (bicyclic) bond motifs is 1. The van der Waals surface area contributed by atoms with Crippen molar-refractivity contribution >= 4 is 35.0 Å². The lowest BCUT2D eigenvalue weighted by molar-refractivity contribution is -0.141. The summed E-state index contributed by atoms with van der Waals surface area (Å²) in [6.45, 7) is 7.35. The quantitative estimate of drug-likeness (QED) is 0.730. The van der Waals surface area contributed by atoms with Crippen LogP contribution in [0.3, 0.4) is 0 Å². The molecule has 1 aromatic carbocycles. The largest absolute Gasteiger partial charge is 0.338 e. The fourth-order valence-corrected chi connectivity index (χ4v) is 4.64. The third-order valence-electron chi connectivity index (χ3n) is 5.23. The Morgan fingerprint density at radius 2 is 2.04 bits per heavy atom. The Balaban J connectivity index is 1.79. The number of piperidine rings is 1. The third-order valence-corrected chi connectivity index (χ3v) is 5.76. The summed E-state index contributed by atoms with van der Waals surface area (Å²) >= 11 is 12.5.